The van der Waals surface area contributed by atoms with Gasteiger partial charge in [0.25, 0.3) is 0 Å². The predicted molar refractivity (Wildman–Crippen MR) is 39.5 cm³/mol. The molecule has 0 atom stereocenters. The number of benzene rings is 1. The summed E-state index contributed by atoms with van der Waals surface area (Å²) in [6.45, 7) is -0.0994. The van der Waals surface area contributed by atoms with E-state index in [1.54, 1.807) is 0 Å². The lowest BCUT2D eigenvalue weighted by molar-refractivity contribution is -0.371. The van der Waals surface area contributed by atoms with Gasteiger partial charge < -0.3 is 10.5 Å². The maximum atomic E-state index is 12.9. The average Bonchev–Trinajstić information content (AvgIpc) is 2.24. The SMILES string of the molecule is [NH3+]CCOc1c(F)c(F)c(F)c(F)c1F. The van der Waals surface area contributed by atoms with Gasteiger partial charge in [-0.25, -0.2) is 13.2 Å². The highest BCUT2D eigenvalue weighted by Gasteiger charge is 2.26. The molecule has 0 saturated carbocycles. The summed E-state index contributed by atoms with van der Waals surface area (Å²) < 4.78 is 67.8. The first-order valence-electron chi connectivity index (χ1n) is 3.94. The molecular formula is C8H7F5NO+. The monoisotopic (exact) mass is 228 g/mol. The first kappa shape index (κ1) is 11.7. The van der Waals surface area contributed by atoms with Crippen LogP contribution in [0.1, 0.15) is 0 Å². The summed E-state index contributed by atoms with van der Waals surface area (Å²) in [7, 11) is 0. The van der Waals surface area contributed by atoms with Crippen molar-refractivity contribution in [3.8, 4) is 5.75 Å². The van der Waals surface area contributed by atoms with E-state index in [1.807, 2.05) is 0 Å². The largest absolute Gasteiger partial charge is 0.481 e. The van der Waals surface area contributed by atoms with Crippen LogP contribution in [0.5, 0.6) is 5.75 Å². The third-order valence-electron chi connectivity index (χ3n) is 1.56. The van der Waals surface area contributed by atoms with Gasteiger partial charge in [-0.1, -0.05) is 0 Å². The zero-order chi connectivity index (χ0) is 11.6. The molecule has 84 valence electrons. The van der Waals surface area contributed by atoms with Gasteiger partial charge >= 0.3 is 0 Å². The van der Waals surface area contributed by atoms with Crippen LogP contribution < -0.4 is 10.5 Å². The molecule has 0 heterocycles. The van der Waals surface area contributed by atoms with Crippen LogP contribution >= 0.6 is 0 Å². The summed E-state index contributed by atoms with van der Waals surface area (Å²) >= 11 is 0. The van der Waals surface area contributed by atoms with Gasteiger partial charge in [0.15, 0.2) is 5.75 Å². The Bertz CT molecular complexity index is 353. The zero-order valence-electron chi connectivity index (χ0n) is 7.42. The molecule has 1 aromatic carbocycles. The van der Waals surface area contributed by atoms with Crippen molar-refractivity contribution in [2.45, 2.75) is 0 Å². The Morgan fingerprint density at radius 3 is 1.60 bits per heavy atom. The summed E-state index contributed by atoms with van der Waals surface area (Å²) in [5.74, 6) is -11.5. The van der Waals surface area contributed by atoms with E-state index in [4.69, 9.17) is 0 Å². The van der Waals surface area contributed by atoms with Gasteiger partial charge in [0.05, 0.1) is 0 Å². The second-order valence-corrected chi connectivity index (χ2v) is 2.60. The molecule has 15 heavy (non-hydrogen) atoms. The van der Waals surface area contributed by atoms with Crippen LogP contribution in [0.15, 0.2) is 0 Å². The fraction of sp³-hybridized carbons (Fsp3) is 0.250. The number of ether oxygens (including phenoxy) is 1. The molecule has 1 aromatic rings. The van der Waals surface area contributed by atoms with Gasteiger partial charge in [-0.2, -0.15) is 8.78 Å². The second kappa shape index (κ2) is 4.43. The fourth-order valence-corrected chi connectivity index (χ4v) is 0.886. The van der Waals surface area contributed by atoms with Gasteiger partial charge in [0.2, 0.25) is 29.1 Å². The number of rotatable bonds is 3. The lowest BCUT2D eigenvalue weighted by atomic mass is 10.2. The second-order valence-electron chi connectivity index (χ2n) is 2.60. The highest BCUT2D eigenvalue weighted by atomic mass is 19.2. The average molecular weight is 228 g/mol. The molecule has 0 aliphatic heterocycles. The van der Waals surface area contributed by atoms with E-state index in [2.05, 4.69) is 10.5 Å². The molecule has 0 bridgehead atoms. The van der Waals surface area contributed by atoms with Crippen LogP contribution in [-0.4, -0.2) is 13.2 Å². The summed E-state index contributed by atoms with van der Waals surface area (Å²) in [6, 6.07) is 0. The number of hydrogen-bond acceptors (Lipinski definition) is 1. The van der Waals surface area contributed by atoms with Crippen LogP contribution in [0.4, 0.5) is 22.0 Å². The van der Waals surface area contributed by atoms with Crippen molar-refractivity contribution >= 4 is 0 Å². The van der Waals surface area contributed by atoms with Crippen molar-refractivity contribution in [3.05, 3.63) is 29.1 Å². The van der Waals surface area contributed by atoms with Gasteiger partial charge in [-0.15, -0.1) is 0 Å². The highest BCUT2D eigenvalue weighted by molar-refractivity contribution is 5.29. The fourth-order valence-electron chi connectivity index (χ4n) is 0.886. The molecule has 0 saturated heterocycles. The van der Waals surface area contributed by atoms with E-state index in [0.717, 1.165) is 0 Å². The summed E-state index contributed by atoms with van der Waals surface area (Å²) in [6.07, 6.45) is 0. The Balaban J connectivity index is 3.26. The van der Waals surface area contributed by atoms with Crippen molar-refractivity contribution in [1.29, 1.82) is 0 Å². The van der Waals surface area contributed by atoms with E-state index in [0.29, 0.717) is 0 Å². The van der Waals surface area contributed by atoms with Crippen LogP contribution in [-0.2, 0) is 0 Å². The molecule has 0 unspecified atom stereocenters. The quantitative estimate of drug-likeness (QED) is 0.467. The van der Waals surface area contributed by atoms with E-state index < -0.39 is 34.8 Å². The van der Waals surface area contributed by atoms with Crippen LogP contribution in [0, 0.1) is 29.1 Å². The lowest BCUT2D eigenvalue weighted by Crippen LogP contribution is -2.52. The molecule has 0 aliphatic rings. The summed E-state index contributed by atoms with van der Waals surface area (Å²) in [5, 5.41) is 0. The van der Waals surface area contributed by atoms with Crippen molar-refractivity contribution in [1.82, 2.24) is 0 Å². The molecule has 0 aliphatic carbocycles. The van der Waals surface area contributed by atoms with Crippen molar-refractivity contribution in [2.24, 2.45) is 0 Å². The predicted octanol–water partition coefficient (Wildman–Crippen LogP) is 1.00. The molecule has 3 N–H and O–H groups in total. The third kappa shape index (κ3) is 2.01. The Morgan fingerprint density at radius 2 is 1.20 bits per heavy atom. The summed E-state index contributed by atoms with van der Waals surface area (Å²) in [5.41, 5.74) is 3.29. The number of quaternary nitrogens is 1. The Hall–Kier alpha value is -1.37. The summed E-state index contributed by atoms with van der Waals surface area (Å²) in [4.78, 5) is 0. The number of hydrogen-bond donors (Lipinski definition) is 1. The molecular weight excluding hydrogens is 221 g/mol. The third-order valence-corrected chi connectivity index (χ3v) is 1.56. The molecule has 0 fully saturated rings. The molecule has 0 radical (unpaired) electrons. The van der Waals surface area contributed by atoms with Crippen molar-refractivity contribution < 1.29 is 32.4 Å². The maximum absolute atomic E-state index is 12.9. The van der Waals surface area contributed by atoms with Gasteiger partial charge in [0.1, 0.15) is 13.2 Å². The highest BCUT2D eigenvalue weighted by Crippen LogP contribution is 2.28. The van der Waals surface area contributed by atoms with Gasteiger partial charge in [0, 0.05) is 0 Å². The van der Waals surface area contributed by atoms with Gasteiger partial charge in [-0.05, 0) is 0 Å². The van der Waals surface area contributed by atoms with E-state index in [9.17, 15) is 22.0 Å². The smallest absolute Gasteiger partial charge is 0.206 e. The lowest BCUT2D eigenvalue weighted by Gasteiger charge is -2.08. The van der Waals surface area contributed by atoms with E-state index in [-0.39, 0.29) is 13.2 Å². The Labute approximate surface area is 81.4 Å². The minimum absolute atomic E-state index is 0.138. The normalized spacial score (nSPS) is 10.5. The standard InChI is InChI=1S/C8H6F5NO/c9-3-4(10)6(12)8(15-2-1-14)7(13)5(3)11/h1-2,14H2/p+1. The van der Waals surface area contributed by atoms with Crippen LogP contribution in [0.3, 0.4) is 0 Å². The Morgan fingerprint density at radius 1 is 0.800 bits per heavy atom. The Kier molecular flexibility index (Phi) is 3.46. The minimum Gasteiger partial charge on any atom is -0.481 e. The first-order valence-corrected chi connectivity index (χ1v) is 3.94. The van der Waals surface area contributed by atoms with Crippen LogP contribution in [0.2, 0.25) is 0 Å². The molecule has 2 nitrogen and oxygen atoms in total. The molecule has 0 amide bonds. The maximum Gasteiger partial charge on any atom is 0.206 e. The number of halogens is 5. The minimum atomic E-state index is -2.20. The zero-order valence-corrected chi connectivity index (χ0v) is 7.42. The topological polar surface area (TPSA) is 36.9 Å². The first-order chi connectivity index (χ1) is 7.00. The molecule has 7 heteroatoms. The van der Waals surface area contributed by atoms with Crippen molar-refractivity contribution in [3.63, 3.8) is 0 Å². The van der Waals surface area contributed by atoms with Crippen LogP contribution in [0.25, 0.3) is 0 Å². The van der Waals surface area contributed by atoms with Gasteiger partial charge in [-0.3, -0.25) is 0 Å². The molecule has 1 rings (SSSR count). The molecule has 0 aromatic heterocycles. The van der Waals surface area contributed by atoms with E-state index >= 15 is 0 Å². The molecule has 0 spiro atoms. The van der Waals surface area contributed by atoms with Crippen molar-refractivity contribution in [2.75, 3.05) is 13.2 Å². The van der Waals surface area contributed by atoms with E-state index in [1.165, 1.54) is 0 Å².